The van der Waals surface area contributed by atoms with E-state index in [0.717, 1.165) is 4.88 Å². The summed E-state index contributed by atoms with van der Waals surface area (Å²) in [5.41, 5.74) is 5.78. The van der Waals surface area contributed by atoms with Crippen LogP contribution in [0.4, 0.5) is 0 Å². The van der Waals surface area contributed by atoms with Crippen molar-refractivity contribution < 1.29 is 14.3 Å². The van der Waals surface area contributed by atoms with Crippen LogP contribution in [0.2, 0.25) is 0 Å². The maximum absolute atomic E-state index is 11.7. The summed E-state index contributed by atoms with van der Waals surface area (Å²) >= 11 is 1.45. The molecule has 18 heavy (non-hydrogen) atoms. The Hall–Kier alpha value is -1.40. The number of carbonyl (C=O) groups excluding carboxylic acids is 2. The highest BCUT2D eigenvalue weighted by molar-refractivity contribution is 7.10. The van der Waals surface area contributed by atoms with Crippen molar-refractivity contribution in [3.8, 4) is 0 Å². The van der Waals surface area contributed by atoms with Crippen LogP contribution in [0.5, 0.6) is 0 Å². The minimum Gasteiger partial charge on any atom is -0.466 e. The average Bonchev–Trinajstić information content (AvgIpc) is 2.87. The summed E-state index contributed by atoms with van der Waals surface area (Å²) in [6, 6.07) is 3.05. The maximum Gasteiger partial charge on any atom is 0.305 e. The molecule has 1 atom stereocenters. The van der Waals surface area contributed by atoms with Crippen molar-refractivity contribution in [1.82, 2.24) is 5.32 Å². The molecular formula is C12H18N2O3S. The van der Waals surface area contributed by atoms with Gasteiger partial charge in [-0.05, 0) is 24.8 Å². The summed E-state index contributed by atoms with van der Waals surface area (Å²) in [5.74, 6) is -0.462. The zero-order chi connectivity index (χ0) is 13.4. The van der Waals surface area contributed by atoms with E-state index in [1.54, 1.807) is 6.92 Å². The predicted octanol–water partition coefficient (Wildman–Crippen LogP) is 1.21. The van der Waals surface area contributed by atoms with Gasteiger partial charge in [0.2, 0.25) is 5.91 Å². The SMILES string of the molecule is CCOC(=O)CCCNC(=O)C(N)c1cccs1. The van der Waals surface area contributed by atoms with Gasteiger partial charge in [-0.2, -0.15) is 0 Å². The molecule has 0 aromatic carbocycles. The normalized spacial score (nSPS) is 11.9. The molecule has 0 aliphatic heterocycles. The summed E-state index contributed by atoms with van der Waals surface area (Å²) in [6.45, 7) is 2.57. The molecule has 0 bridgehead atoms. The third-order valence-electron chi connectivity index (χ3n) is 2.29. The number of carbonyl (C=O) groups is 2. The van der Waals surface area contributed by atoms with Gasteiger partial charge in [0.25, 0.3) is 0 Å². The summed E-state index contributed by atoms with van der Waals surface area (Å²) in [7, 11) is 0. The monoisotopic (exact) mass is 270 g/mol. The second kappa shape index (κ2) is 7.84. The Balaban J connectivity index is 2.19. The van der Waals surface area contributed by atoms with Gasteiger partial charge in [-0.25, -0.2) is 0 Å². The van der Waals surface area contributed by atoms with Crippen LogP contribution in [0.15, 0.2) is 17.5 Å². The van der Waals surface area contributed by atoms with E-state index < -0.39 is 6.04 Å². The lowest BCUT2D eigenvalue weighted by atomic mass is 10.2. The van der Waals surface area contributed by atoms with Gasteiger partial charge in [-0.15, -0.1) is 11.3 Å². The third-order valence-corrected chi connectivity index (χ3v) is 3.25. The van der Waals surface area contributed by atoms with Gasteiger partial charge in [0.1, 0.15) is 6.04 Å². The first-order valence-electron chi connectivity index (χ1n) is 5.87. The quantitative estimate of drug-likeness (QED) is 0.576. The minimum atomic E-state index is -0.632. The van der Waals surface area contributed by atoms with Gasteiger partial charge in [0.15, 0.2) is 0 Å². The zero-order valence-corrected chi connectivity index (χ0v) is 11.2. The molecule has 0 saturated carbocycles. The molecule has 0 saturated heterocycles. The number of nitrogens with one attached hydrogen (secondary N) is 1. The molecule has 0 radical (unpaired) electrons. The summed E-state index contributed by atoms with van der Waals surface area (Å²) in [4.78, 5) is 23.5. The van der Waals surface area contributed by atoms with Crippen LogP contribution in [0.1, 0.15) is 30.7 Å². The number of hydrogen-bond donors (Lipinski definition) is 2. The molecule has 1 aromatic rings. The number of hydrogen-bond acceptors (Lipinski definition) is 5. The van der Waals surface area contributed by atoms with Gasteiger partial charge in [-0.3, -0.25) is 9.59 Å². The van der Waals surface area contributed by atoms with Crippen LogP contribution < -0.4 is 11.1 Å². The van der Waals surface area contributed by atoms with Crippen molar-refractivity contribution in [1.29, 1.82) is 0 Å². The molecular weight excluding hydrogens is 252 g/mol. The molecule has 1 aromatic heterocycles. The van der Waals surface area contributed by atoms with Crippen LogP contribution in [0.25, 0.3) is 0 Å². The van der Waals surface area contributed by atoms with Crippen LogP contribution in [0.3, 0.4) is 0 Å². The maximum atomic E-state index is 11.7. The van der Waals surface area contributed by atoms with E-state index in [2.05, 4.69) is 5.32 Å². The molecule has 0 spiro atoms. The highest BCUT2D eigenvalue weighted by atomic mass is 32.1. The largest absolute Gasteiger partial charge is 0.466 e. The van der Waals surface area contributed by atoms with Gasteiger partial charge < -0.3 is 15.8 Å². The fourth-order valence-corrected chi connectivity index (χ4v) is 2.11. The van der Waals surface area contributed by atoms with Crippen molar-refractivity contribution >= 4 is 23.2 Å². The fraction of sp³-hybridized carbons (Fsp3) is 0.500. The van der Waals surface area contributed by atoms with Gasteiger partial charge in [0, 0.05) is 17.8 Å². The predicted molar refractivity (Wildman–Crippen MR) is 70.1 cm³/mol. The second-order valence-electron chi connectivity index (χ2n) is 3.69. The number of thiophene rings is 1. The number of ether oxygens (including phenoxy) is 1. The summed E-state index contributed by atoms with van der Waals surface area (Å²) in [5, 5.41) is 4.58. The molecule has 0 fully saturated rings. The molecule has 0 aliphatic carbocycles. The van der Waals surface area contributed by atoms with Crippen LogP contribution in [-0.2, 0) is 14.3 Å². The first kappa shape index (κ1) is 14.7. The lowest BCUT2D eigenvalue weighted by Crippen LogP contribution is -2.34. The Kier molecular flexibility index (Phi) is 6.38. The Morgan fingerprint density at radius 3 is 2.94 bits per heavy atom. The highest BCUT2D eigenvalue weighted by Crippen LogP contribution is 2.16. The van der Waals surface area contributed by atoms with E-state index in [1.807, 2.05) is 17.5 Å². The molecule has 100 valence electrons. The van der Waals surface area contributed by atoms with E-state index >= 15 is 0 Å². The molecule has 3 N–H and O–H groups in total. The van der Waals surface area contributed by atoms with E-state index in [4.69, 9.17) is 10.5 Å². The standard InChI is InChI=1S/C12H18N2O3S/c1-2-17-10(15)6-3-7-14-12(16)11(13)9-5-4-8-18-9/h4-5,8,11H,2-3,6-7,13H2,1H3,(H,14,16). The van der Waals surface area contributed by atoms with E-state index in [9.17, 15) is 9.59 Å². The van der Waals surface area contributed by atoms with Crippen molar-refractivity contribution in [2.45, 2.75) is 25.8 Å². The van der Waals surface area contributed by atoms with Crippen molar-refractivity contribution in [3.05, 3.63) is 22.4 Å². The van der Waals surface area contributed by atoms with Gasteiger partial charge in [-0.1, -0.05) is 6.07 Å². The Morgan fingerprint density at radius 2 is 2.33 bits per heavy atom. The Bertz CT molecular complexity index is 379. The lowest BCUT2D eigenvalue weighted by molar-refractivity contribution is -0.143. The highest BCUT2D eigenvalue weighted by Gasteiger charge is 2.15. The van der Waals surface area contributed by atoms with Crippen LogP contribution in [0, 0.1) is 0 Å². The van der Waals surface area contributed by atoms with Crippen molar-refractivity contribution in [2.24, 2.45) is 5.73 Å². The number of rotatable bonds is 7. The first-order chi connectivity index (χ1) is 8.65. The van der Waals surface area contributed by atoms with Crippen LogP contribution in [-0.4, -0.2) is 25.0 Å². The zero-order valence-electron chi connectivity index (χ0n) is 10.3. The molecule has 5 nitrogen and oxygen atoms in total. The summed E-state index contributed by atoms with van der Waals surface area (Å²) in [6.07, 6.45) is 0.865. The summed E-state index contributed by atoms with van der Waals surface area (Å²) < 4.78 is 4.78. The van der Waals surface area contributed by atoms with Crippen molar-refractivity contribution in [2.75, 3.05) is 13.2 Å². The Morgan fingerprint density at radius 1 is 1.56 bits per heavy atom. The Labute approximate surface area is 110 Å². The first-order valence-corrected chi connectivity index (χ1v) is 6.75. The van der Waals surface area contributed by atoms with E-state index in [-0.39, 0.29) is 11.9 Å². The average molecular weight is 270 g/mol. The fourth-order valence-electron chi connectivity index (χ4n) is 1.38. The molecule has 1 heterocycles. The lowest BCUT2D eigenvalue weighted by Gasteiger charge is -2.10. The van der Waals surface area contributed by atoms with Gasteiger partial charge in [0.05, 0.1) is 6.61 Å². The van der Waals surface area contributed by atoms with E-state index in [1.165, 1.54) is 11.3 Å². The van der Waals surface area contributed by atoms with E-state index in [0.29, 0.717) is 26.0 Å². The van der Waals surface area contributed by atoms with Gasteiger partial charge >= 0.3 is 5.97 Å². The number of nitrogens with two attached hydrogens (primary N) is 1. The molecule has 1 rings (SSSR count). The topological polar surface area (TPSA) is 81.4 Å². The molecule has 6 heteroatoms. The number of amides is 1. The third kappa shape index (κ3) is 4.85. The molecule has 0 aliphatic rings. The smallest absolute Gasteiger partial charge is 0.305 e. The molecule has 1 amide bonds. The number of esters is 1. The van der Waals surface area contributed by atoms with Crippen LogP contribution >= 0.6 is 11.3 Å². The minimum absolute atomic E-state index is 0.221. The molecule has 1 unspecified atom stereocenters. The van der Waals surface area contributed by atoms with Crippen molar-refractivity contribution in [3.63, 3.8) is 0 Å². The second-order valence-corrected chi connectivity index (χ2v) is 4.67.